The largest absolute Gasteiger partial charge is 0.0579 e. The molecule has 0 N–H and O–H groups in total. The zero-order valence-corrected chi connectivity index (χ0v) is 10.5. The van der Waals surface area contributed by atoms with Crippen molar-refractivity contribution >= 4 is 28.7 Å². The number of hydrogen-bond donors (Lipinski definition) is 0. The van der Waals surface area contributed by atoms with Crippen LogP contribution in [0.2, 0.25) is 0 Å². The van der Waals surface area contributed by atoms with E-state index >= 15 is 0 Å². The molecule has 1 aromatic rings. The van der Waals surface area contributed by atoms with Gasteiger partial charge in [-0.05, 0) is 26.7 Å². The van der Waals surface area contributed by atoms with E-state index in [0.717, 1.165) is 0 Å². The van der Waals surface area contributed by atoms with E-state index in [1.54, 1.807) is 0 Å². The van der Waals surface area contributed by atoms with Crippen LogP contribution >= 0.6 is 22.6 Å². The first-order valence-electron chi connectivity index (χ1n) is 4.41. The molecule has 0 saturated carbocycles. The fourth-order valence-corrected chi connectivity index (χ4v) is 1.58. The Morgan fingerprint density at radius 2 is 1.62 bits per heavy atom. The molecule has 13 heavy (non-hydrogen) atoms. The van der Waals surface area contributed by atoms with Gasteiger partial charge in [0.2, 0.25) is 0 Å². The van der Waals surface area contributed by atoms with Crippen LogP contribution in [0.25, 0.3) is 6.08 Å². The molecule has 0 radical (unpaired) electrons. The zero-order chi connectivity index (χ0) is 9.90. The molecule has 0 atom stereocenters. The molecule has 0 bridgehead atoms. The third-order valence-electron chi connectivity index (χ3n) is 2.03. The molecule has 0 fully saturated rings. The topological polar surface area (TPSA) is 0 Å². The van der Waals surface area contributed by atoms with Crippen molar-refractivity contribution < 1.29 is 0 Å². The third kappa shape index (κ3) is 3.14. The number of rotatable bonds is 1. The van der Waals surface area contributed by atoms with Gasteiger partial charge in [-0.25, -0.2) is 0 Å². The molecule has 0 aliphatic carbocycles. The number of hydrogen-bond acceptors (Lipinski definition) is 0. The maximum atomic E-state index is 2.24. The van der Waals surface area contributed by atoms with E-state index < -0.39 is 0 Å². The molecule has 0 nitrogen and oxygen atoms in total. The van der Waals surface area contributed by atoms with E-state index in [-0.39, 0.29) is 5.41 Å². The monoisotopic (exact) mass is 286 g/mol. The van der Waals surface area contributed by atoms with Crippen molar-refractivity contribution in [2.24, 2.45) is 0 Å². The zero-order valence-electron chi connectivity index (χ0n) is 8.34. The maximum Gasteiger partial charge on any atom is -0.0132 e. The van der Waals surface area contributed by atoms with Gasteiger partial charge < -0.3 is 0 Å². The smallest absolute Gasteiger partial charge is 0.0132 e. The highest BCUT2D eigenvalue weighted by atomic mass is 127. The van der Waals surface area contributed by atoms with Gasteiger partial charge in [0, 0.05) is 0 Å². The predicted octanol–water partition coefficient (Wildman–Crippen LogP) is 4.39. The normalized spacial score (nSPS) is 12.3. The molecule has 1 aromatic carbocycles. The van der Waals surface area contributed by atoms with Crippen molar-refractivity contribution in [2.75, 3.05) is 0 Å². The number of halogens is 1. The van der Waals surface area contributed by atoms with Crippen LogP contribution in [0.3, 0.4) is 0 Å². The molecule has 0 unspecified atom stereocenters. The molecular formula is C12H15I. The lowest BCUT2D eigenvalue weighted by molar-refractivity contribution is 0.590. The highest BCUT2D eigenvalue weighted by Crippen LogP contribution is 2.22. The van der Waals surface area contributed by atoms with Gasteiger partial charge in [0.1, 0.15) is 0 Å². The highest BCUT2D eigenvalue weighted by molar-refractivity contribution is 14.1. The summed E-state index contributed by atoms with van der Waals surface area (Å²) in [4.78, 5) is 0. The Bertz CT molecular complexity index is 288. The summed E-state index contributed by atoms with van der Waals surface area (Å²) in [6.45, 7) is 6.70. The summed E-state index contributed by atoms with van der Waals surface area (Å²) < 4.78 is 2.03. The van der Waals surface area contributed by atoms with E-state index in [2.05, 4.69) is 73.7 Å². The fraction of sp³-hybridized carbons (Fsp3) is 0.333. The van der Waals surface area contributed by atoms with E-state index in [4.69, 9.17) is 0 Å². The van der Waals surface area contributed by atoms with Crippen LogP contribution in [0.5, 0.6) is 0 Å². The molecule has 1 heteroatoms. The van der Waals surface area contributed by atoms with E-state index in [1.165, 1.54) is 11.1 Å². The van der Waals surface area contributed by atoms with Gasteiger partial charge in [-0.2, -0.15) is 0 Å². The fourth-order valence-electron chi connectivity index (χ4n) is 1.17. The van der Waals surface area contributed by atoms with Crippen molar-refractivity contribution in [2.45, 2.75) is 26.2 Å². The van der Waals surface area contributed by atoms with Crippen LogP contribution in [0, 0.1) is 0 Å². The Kier molecular flexibility index (Phi) is 3.54. The molecule has 0 spiro atoms. The van der Waals surface area contributed by atoms with Crippen molar-refractivity contribution in [1.29, 1.82) is 0 Å². The van der Waals surface area contributed by atoms with Gasteiger partial charge in [-0.15, -0.1) is 0 Å². The van der Waals surface area contributed by atoms with E-state index in [0.29, 0.717) is 0 Å². The lowest BCUT2D eigenvalue weighted by Gasteiger charge is -2.18. The minimum atomic E-state index is 0.257. The maximum absolute atomic E-state index is 2.24. The van der Waals surface area contributed by atoms with Gasteiger partial charge in [-0.3, -0.25) is 0 Å². The van der Waals surface area contributed by atoms with E-state index in [1.807, 2.05) is 4.08 Å². The predicted molar refractivity (Wildman–Crippen MR) is 68.2 cm³/mol. The Balaban J connectivity index is 2.94. The quantitative estimate of drug-likeness (QED) is 0.672. The molecular weight excluding hydrogens is 271 g/mol. The SMILES string of the molecule is CC(C)(C)c1ccc(C=CI)cc1. The molecule has 70 valence electrons. The van der Waals surface area contributed by atoms with Gasteiger partial charge in [-0.1, -0.05) is 67.6 Å². The van der Waals surface area contributed by atoms with Gasteiger partial charge in [0.25, 0.3) is 0 Å². The summed E-state index contributed by atoms with van der Waals surface area (Å²) in [5.74, 6) is 0. The molecule has 0 heterocycles. The van der Waals surface area contributed by atoms with Crippen LogP contribution in [0.15, 0.2) is 28.3 Å². The Hall–Kier alpha value is -0.310. The minimum absolute atomic E-state index is 0.257. The van der Waals surface area contributed by atoms with E-state index in [9.17, 15) is 0 Å². The molecule has 0 aliphatic rings. The summed E-state index contributed by atoms with van der Waals surface area (Å²) in [6.07, 6.45) is 2.10. The summed E-state index contributed by atoms with van der Waals surface area (Å²) in [7, 11) is 0. The minimum Gasteiger partial charge on any atom is -0.0579 e. The Labute approximate surface area is 94.2 Å². The van der Waals surface area contributed by atoms with Gasteiger partial charge in [0.15, 0.2) is 0 Å². The average Bonchev–Trinajstić information content (AvgIpc) is 2.04. The van der Waals surface area contributed by atoms with Crippen LogP contribution in [0.4, 0.5) is 0 Å². The van der Waals surface area contributed by atoms with Crippen molar-refractivity contribution in [3.05, 3.63) is 39.5 Å². The van der Waals surface area contributed by atoms with Gasteiger partial charge in [0.05, 0.1) is 0 Å². The van der Waals surface area contributed by atoms with Crippen LogP contribution < -0.4 is 0 Å². The Morgan fingerprint density at radius 3 is 2.00 bits per heavy atom. The lowest BCUT2D eigenvalue weighted by Crippen LogP contribution is -2.10. The summed E-state index contributed by atoms with van der Waals surface area (Å²) in [6, 6.07) is 8.73. The van der Waals surface area contributed by atoms with Gasteiger partial charge >= 0.3 is 0 Å². The second kappa shape index (κ2) is 4.27. The summed E-state index contributed by atoms with van der Waals surface area (Å²) in [5, 5.41) is 0. The third-order valence-corrected chi connectivity index (χ3v) is 2.39. The second-order valence-corrected chi connectivity index (χ2v) is 4.88. The lowest BCUT2D eigenvalue weighted by atomic mass is 9.87. The second-order valence-electron chi connectivity index (χ2n) is 4.16. The summed E-state index contributed by atoms with van der Waals surface area (Å²) >= 11 is 2.24. The first kappa shape index (κ1) is 10.8. The molecule has 0 amide bonds. The molecule has 0 aliphatic heterocycles. The molecule has 1 rings (SSSR count). The molecule has 0 aromatic heterocycles. The standard InChI is InChI=1S/C12H15I/c1-12(2,3)11-6-4-10(5-7-11)8-9-13/h4-9H,1-3H3. The molecule has 0 saturated heterocycles. The number of benzene rings is 1. The van der Waals surface area contributed by atoms with Crippen molar-refractivity contribution in [3.63, 3.8) is 0 Å². The highest BCUT2D eigenvalue weighted by Gasteiger charge is 2.12. The average molecular weight is 286 g/mol. The van der Waals surface area contributed by atoms with Crippen molar-refractivity contribution in [3.8, 4) is 0 Å². The summed E-state index contributed by atoms with van der Waals surface area (Å²) in [5.41, 5.74) is 2.91. The first-order chi connectivity index (χ1) is 6.04. The first-order valence-corrected chi connectivity index (χ1v) is 5.66. The van der Waals surface area contributed by atoms with Crippen LogP contribution in [-0.2, 0) is 5.41 Å². The Morgan fingerprint density at radius 1 is 1.08 bits per heavy atom. The van der Waals surface area contributed by atoms with Crippen molar-refractivity contribution in [1.82, 2.24) is 0 Å². The van der Waals surface area contributed by atoms with Crippen LogP contribution in [-0.4, -0.2) is 0 Å². The van der Waals surface area contributed by atoms with Crippen LogP contribution in [0.1, 0.15) is 31.9 Å².